The van der Waals surface area contributed by atoms with E-state index in [1.54, 1.807) is 0 Å². The van der Waals surface area contributed by atoms with Crippen molar-refractivity contribution in [1.82, 2.24) is 5.32 Å². The highest BCUT2D eigenvalue weighted by atomic mass is 16.6. The Labute approximate surface area is 91.1 Å². The molecular weight excluding hydrogens is 222 g/mol. The fourth-order valence-corrected chi connectivity index (χ4v) is 1.40. The maximum Gasteiger partial charge on any atom is 0.317 e. The van der Waals surface area contributed by atoms with Crippen LogP contribution in [0.3, 0.4) is 0 Å². The lowest BCUT2D eigenvalue weighted by Gasteiger charge is -2.41. The number of ether oxygens (including phenoxy) is 1. The first kappa shape index (κ1) is 13.3. The Bertz CT molecular complexity index is 261. The third kappa shape index (κ3) is 2.88. The summed E-state index contributed by atoms with van der Waals surface area (Å²) in [6.07, 6.45) is -4.53. The van der Waals surface area contributed by atoms with Gasteiger partial charge in [-0.3, -0.25) is 4.79 Å². The van der Waals surface area contributed by atoms with Crippen LogP contribution in [0.5, 0.6) is 0 Å². The molecule has 4 unspecified atom stereocenters. The second-order valence-corrected chi connectivity index (χ2v) is 3.66. The summed E-state index contributed by atoms with van der Waals surface area (Å²) >= 11 is 0. The van der Waals surface area contributed by atoms with Crippen LogP contribution in [0, 0.1) is 0 Å². The van der Waals surface area contributed by atoms with Gasteiger partial charge >= 0.3 is 5.97 Å². The maximum absolute atomic E-state index is 10.2. The molecule has 8 heteroatoms. The van der Waals surface area contributed by atoms with Crippen molar-refractivity contribution in [1.29, 1.82) is 0 Å². The molecule has 0 radical (unpaired) electrons. The molecular formula is C8H15NO7. The van der Waals surface area contributed by atoms with Gasteiger partial charge in [0.2, 0.25) is 5.79 Å². The van der Waals surface area contributed by atoms with Crippen molar-refractivity contribution in [2.24, 2.45) is 0 Å². The van der Waals surface area contributed by atoms with Gasteiger partial charge in [-0.15, -0.1) is 0 Å². The summed E-state index contributed by atoms with van der Waals surface area (Å²) in [5.41, 5.74) is 0. The number of carboxylic acids is 1. The van der Waals surface area contributed by atoms with Crippen LogP contribution in [0.25, 0.3) is 0 Å². The van der Waals surface area contributed by atoms with E-state index in [4.69, 9.17) is 14.9 Å². The Morgan fingerprint density at radius 1 is 1.44 bits per heavy atom. The summed E-state index contributed by atoms with van der Waals surface area (Å²) in [6.45, 7) is -1.13. The van der Waals surface area contributed by atoms with Crippen molar-refractivity contribution in [3.8, 4) is 0 Å². The molecule has 1 fully saturated rings. The predicted molar refractivity (Wildman–Crippen MR) is 49.4 cm³/mol. The molecule has 1 aliphatic heterocycles. The molecule has 0 bridgehead atoms. The number of hydrogen-bond donors (Lipinski definition) is 6. The van der Waals surface area contributed by atoms with Gasteiger partial charge in [0, 0.05) is 0 Å². The van der Waals surface area contributed by atoms with Crippen molar-refractivity contribution >= 4 is 5.97 Å². The van der Waals surface area contributed by atoms with Crippen LogP contribution in [-0.4, -0.2) is 75.3 Å². The average Bonchev–Trinajstić information content (AvgIpc) is 2.21. The molecule has 0 amide bonds. The number of nitrogens with one attached hydrogen (secondary N) is 1. The zero-order chi connectivity index (χ0) is 12.3. The Hall–Kier alpha value is -0.770. The van der Waals surface area contributed by atoms with Crippen LogP contribution >= 0.6 is 0 Å². The number of carboxylic acid groups (broad SMARTS) is 1. The number of aliphatic hydroxyl groups is 4. The Kier molecular flexibility index (Phi) is 4.19. The molecule has 94 valence electrons. The van der Waals surface area contributed by atoms with E-state index >= 15 is 0 Å². The monoisotopic (exact) mass is 237 g/mol. The van der Waals surface area contributed by atoms with Crippen LogP contribution in [-0.2, 0) is 9.53 Å². The highest BCUT2D eigenvalue weighted by Gasteiger charge is 2.48. The minimum Gasteiger partial charge on any atom is -0.480 e. The van der Waals surface area contributed by atoms with Crippen molar-refractivity contribution in [2.75, 3.05) is 19.7 Å². The Balaban J connectivity index is 2.52. The van der Waals surface area contributed by atoms with Crippen LogP contribution < -0.4 is 5.32 Å². The molecule has 16 heavy (non-hydrogen) atoms. The first-order valence-electron chi connectivity index (χ1n) is 4.70. The van der Waals surface area contributed by atoms with E-state index in [9.17, 15) is 20.1 Å². The Morgan fingerprint density at radius 3 is 2.62 bits per heavy atom. The van der Waals surface area contributed by atoms with Crippen molar-refractivity contribution < 1.29 is 35.1 Å². The zero-order valence-corrected chi connectivity index (χ0v) is 8.41. The summed E-state index contributed by atoms with van der Waals surface area (Å²) in [4.78, 5) is 10.2. The molecule has 0 spiro atoms. The molecule has 0 aromatic carbocycles. The quantitative estimate of drug-likeness (QED) is 0.295. The van der Waals surface area contributed by atoms with E-state index in [0.29, 0.717) is 0 Å². The molecule has 6 N–H and O–H groups in total. The molecule has 1 rings (SSSR count). The molecule has 0 aliphatic carbocycles. The van der Waals surface area contributed by atoms with Gasteiger partial charge in [-0.2, -0.15) is 0 Å². The summed E-state index contributed by atoms with van der Waals surface area (Å²) in [5.74, 6) is -3.23. The first-order chi connectivity index (χ1) is 7.37. The van der Waals surface area contributed by atoms with Crippen molar-refractivity contribution in [3.05, 3.63) is 0 Å². The number of rotatable bonds is 4. The van der Waals surface area contributed by atoms with E-state index in [1.807, 2.05) is 0 Å². The molecule has 0 aromatic rings. The van der Waals surface area contributed by atoms with Gasteiger partial charge in [0.15, 0.2) is 0 Å². The van der Waals surface area contributed by atoms with Gasteiger partial charge in [-0.05, 0) is 0 Å². The van der Waals surface area contributed by atoms with Gasteiger partial charge in [-0.1, -0.05) is 0 Å². The highest BCUT2D eigenvalue weighted by molar-refractivity contribution is 5.68. The molecule has 1 saturated heterocycles. The largest absolute Gasteiger partial charge is 0.480 e. The van der Waals surface area contributed by atoms with E-state index in [2.05, 4.69) is 5.32 Å². The fraction of sp³-hybridized carbons (Fsp3) is 0.875. The lowest BCUT2D eigenvalue weighted by Crippen LogP contribution is -2.64. The third-order valence-electron chi connectivity index (χ3n) is 2.34. The summed E-state index contributed by atoms with van der Waals surface area (Å²) in [7, 11) is 0. The van der Waals surface area contributed by atoms with Gasteiger partial charge in [0.05, 0.1) is 19.7 Å². The normalized spacial score (nSPS) is 39.6. The number of carbonyl (C=O) groups is 1. The SMILES string of the molecule is O=C(O)CNCC1(O)OCC(O)C(O)C1O. The second kappa shape index (κ2) is 5.04. The predicted octanol–water partition coefficient (Wildman–Crippen LogP) is -3.54. The van der Waals surface area contributed by atoms with Gasteiger partial charge < -0.3 is 35.6 Å². The zero-order valence-electron chi connectivity index (χ0n) is 8.41. The van der Waals surface area contributed by atoms with E-state index in [1.165, 1.54) is 0 Å². The average molecular weight is 237 g/mol. The summed E-state index contributed by atoms with van der Waals surface area (Å²) in [5, 5.41) is 48.3. The standard InChI is InChI=1S/C8H15NO7/c10-4-2-16-8(15,7(14)6(4)13)3-9-1-5(11)12/h4,6-7,9-10,13-15H,1-3H2,(H,11,12). The smallest absolute Gasteiger partial charge is 0.317 e. The van der Waals surface area contributed by atoms with Crippen LogP contribution in [0.15, 0.2) is 0 Å². The first-order valence-corrected chi connectivity index (χ1v) is 4.70. The van der Waals surface area contributed by atoms with Crippen LogP contribution in [0.2, 0.25) is 0 Å². The van der Waals surface area contributed by atoms with Crippen LogP contribution in [0.4, 0.5) is 0 Å². The van der Waals surface area contributed by atoms with E-state index in [-0.39, 0.29) is 13.2 Å². The minimum atomic E-state index is -2.10. The summed E-state index contributed by atoms with van der Waals surface area (Å²) in [6, 6.07) is 0. The lowest BCUT2D eigenvalue weighted by atomic mass is 9.97. The number of aliphatic carboxylic acids is 1. The Morgan fingerprint density at radius 2 is 2.06 bits per heavy atom. The lowest BCUT2D eigenvalue weighted by molar-refractivity contribution is -0.317. The molecule has 8 nitrogen and oxygen atoms in total. The van der Waals surface area contributed by atoms with E-state index < -0.39 is 36.6 Å². The third-order valence-corrected chi connectivity index (χ3v) is 2.34. The molecule has 1 heterocycles. The van der Waals surface area contributed by atoms with Gasteiger partial charge in [-0.25, -0.2) is 0 Å². The van der Waals surface area contributed by atoms with Crippen molar-refractivity contribution in [2.45, 2.75) is 24.1 Å². The topological polar surface area (TPSA) is 139 Å². The fourth-order valence-electron chi connectivity index (χ4n) is 1.40. The molecule has 4 atom stereocenters. The second-order valence-electron chi connectivity index (χ2n) is 3.66. The van der Waals surface area contributed by atoms with Gasteiger partial charge in [0.1, 0.15) is 18.3 Å². The minimum absolute atomic E-state index is 0.344. The number of hydrogen-bond acceptors (Lipinski definition) is 7. The van der Waals surface area contributed by atoms with Gasteiger partial charge in [0.25, 0.3) is 0 Å². The van der Waals surface area contributed by atoms with Crippen LogP contribution in [0.1, 0.15) is 0 Å². The molecule has 0 saturated carbocycles. The molecule has 1 aliphatic rings. The molecule has 0 aromatic heterocycles. The van der Waals surface area contributed by atoms with Crippen molar-refractivity contribution in [3.63, 3.8) is 0 Å². The highest BCUT2D eigenvalue weighted by Crippen LogP contribution is 2.23. The summed E-state index contributed by atoms with van der Waals surface area (Å²) < 4.78 is 4.78. The maximum atomic E-state index is 10.2. The number of aliphatic hydroxyl groups excluding tert-OH is 3. The van der Waals surface area contributed by atoms with E-state index in [0.717, 1.165) is 0 Å².